The van der Waals surface area contributed by atoms with Gasteiger partial charge in [-0.25, -0.2) is 0 Å². The summed E-state index contributed by atoms with van der Waals surface area (Å²) >= 11 is 1.90. The van der Waals surface area contributed by atoms with E-state index in [1.54, 1.807) is 0 Å². The minimum atomic E-state index is -0.432. The Balaban J connectivity index is 0.969. The Morgan fingerprint density at radius 2 is 0.787 bits per heavy atom. The molecule has 286 valence electrons. The fraction of sp³-hybridized carbons (Fsp3) is 0.0169. The molecule has 10 aromatic carbocycles. The molecule has 61 heavy (non-hydrogen) atoms. The predicted octanol–water partition coefficient (Wildman–Crippen LogP) is 16.1. The average molecular weight is 794 g/mol. The molecule has 0 bridgehead atoms. The first-order chi connectivity index (χ1) is 30.2. The van der Waals surface area contributed by atoms with Crippen molar-refractivity contribution < 1.29 is 0 Å². The Morgan fingerprint density at radius 1 is 0.311 bits per heavy atom. The van der Waals surface area contributed by atoms with Crippen LogP contribution < -0.4 is 4.90 Å². The van der Waals surface area contributed by atoms with Crippen LogP contribution in [0.5, 0.6) is 0 Å². The van der Waals surface area contributed by atoms with E-state index >= 15 is 0 Å². The molecule has 1 aliphatic carbocycles. The van der Waals surface area contributed by atoms with Crippen LogP contribution in [0.25, 0.3) is 55.3 Å². The summed E-state index contributed by atoms with van der Waals surface area (Å²) in [7, 11) is 0. The smallest absolute Gasteiger partial charge is 0.0741 e. The fourth-order valence-electron chi connectivity index (χ4n) is 9.98. The van der Waals surface area contributed by atoms with Gasteiger partial charge >= 0.3 is 0 Å². The Morgan fingerprint density at radius 3 is 1.43 bits per heavy atom. The number of hydrogen-bond acceptors (Lipinski definition) is 2. The second-order valence-electron chi connectivity index (χ2n) is 16.0. The predicted molar refractivity (Wildman–Crippen MR) is 256 cm³/mol. The van der Waals surface area contributed by atoms with Crippen molar-refractivity contribution >= 4 is 39.6 Å². The van der Waals surface area contributed by atoms with Gasteiger partial charge in [0.05, 0.1) is 5.41 Å². The first-order valence-corrected chi connectivity index (χ1v) is 21.8. The van der Waals surface area contributed by atoms with E-state index in [1.807, 2.05) is 11.8 Å². The van der Waals surface area contributed by atoms with Crippen LogP contribution in [-0.4, -0.2) is 0 Å². The van der Waals surface area contributed by atoms with E-state index in [2.05, 4.69) is 241 Å². The van der Waals surface area contributed by atoms with E-state index in [-0.39, 0.29) is 0 Å². The van der Waals surface area contributed by atoms with E-state index < -0.39 is 5.41 Å². The van der Waals surface area contributed by atoms with Crippen LogP contribution in [0.1, 0.15) is 22.3 Å². The maximum atomic E-state index is 2.44. The quantitative estimate of drug-likeness (QED) is 0.165. The first-order valence-electron chi connectivity index (χ1n) is 21.0. The second-order valence-corrected chi connectivity index (χ2v) is 17.1. The van der Waals surface area contributed by atoms with Gasteiger partial charge in [-0.05, 0) is 132 Å². The Labute approximate surface area is 361 Å². The lowest BCUT2D eigenvalue weighted by molar-refractivity contribution is 0.731. The molecule has 0 fully saturated rings. The number of anilines is 3. The summed E-state index contributed by atoms with van der Waals surface area (Å²) in [6, 6.07) is 87.1. The highest BCUT2D eigenvalue weighted by molar-refractivity contribution is 7.99. The third-order valence-electron chi connectivity index (χ3n) is 12.7. The SMILES string of the molecule is c1ccc(-c2ccc(N(c3ccc(-c4ccccc4)cc3)c3ccc(-c4ccc5c(c4)-c4ccccc4C54c5ccccc5Sc5ccc6ccccc6c54)cc3)cc2)cc1. The molecule has 0 saturated carbocycles. The Bertz CT molecular complexity index is 3160. The van der Waals surface area contributed by atoms with Crippen LogP contribution >= 0.6 is 11.8 Å². The first kappa shape index (κ1) is 35.5. The van der Waals surface area contributed by atoms with Crippen LogP contribution in [0.2, 0.25) is 0 Å². The van der Waals surface area contributed by atoms with Crippen molar-refractivity contribution in [1.82, 2.24) is 0 Å². The van der Waals surface area contributed by atoms with Crippen molar-refractivity contribution in [2.24, 2.45) is 0 Å². The van der Waals surface area contributed by atoms with Gasteiger partial charge in [-0.1, -0.05) is 194 Å². The lowest BCUT2D eigenvalue weighted by Gasteiger charge is -2.40. The molecule has 2 heteroatoms. The van der Waals surface area contributed by atoms with E-state index in [0.717, 1.165) is 17.1 Å². The molecule has 1 heterocycles. The Hall–Kier alpha value is -7.39. The molecule has 1 spiro atoms. The third-order valence-corrected chi connectivity index (χ3v) is 13.9. The van der Waals surface area contributed by atoms with Gasteiger partial charge in [0.1, 0.15) is 0 Å². The molecular weight excluding hydrogens is 755 g/mol. The van der Waals surface area contributed by atoms with E-state index in [9.17, 15) is 0 Å². The zero-order chi connectivity index (χ0) is 40.3. The summed E-state index contributed by atoms with van der Waals surface area (Å²) in [5, 5.41) is 2.59. The molecule has 0 saturated heterocycles. The average Bonchev–Trinajstić information content (AvgIpc) is 3.62. The van der Waals surface area contributed by atoms with E-state index in [1.165, 1.54) is 87.3 Å². The molecular formula is C59H39NS. The summed E-state index contributed by atoms with van der Waals surface area (Å²) in [6.45, 7) is 0. The maximum Gasteiger partial charge on any atom is 0.0741 e. The minimum absolute atomic E-state index is 0.432. The van der Waals surface area contributed by atoms with Gasteiger partial charge in [-0.2, -0.15) is 0 Å². The number of benzene rings is 10. The van der Waals surface area contributed by atoms with Gasteiger partial charge < -0.3 is 4.90 Å². The molecule has 0 N–H and O–H groups in total. The largest absolute Gasteiger partial charge is 0.311 e. The van der Waals surface area contributed by atoms with Gasteiger partial charge in [0, 0.05) is 26.9 Å². The normalized spacial score (nSPS) is 14.6. The molecule has 1 unspecified atom stereocenters. The highest BCUT2D eigenvalue weighted by Crippen LogP contribution is 2.63. The lowest BCUT2D eigenvalue weighted by Crippen LogP contribution is -2.32. The van der Waals surface area contributed by atoms with Gasteiger partial charge in [0.15, 0.2) is 0 Å². The Kier molecular flexibility index (Phi) is 8.40. The van der Waals surface area contributed by atoms with Crippen molar-refractivity contribution in [3.63, 3.8) is 0 Å². The molecule has 1 atom stereocenters. The van der Waals surface area contributed by atoms with E-state index in [0.29, 0.717) is 0 Å². The topological polar surface area (TPSA) is 3.24 Å². The van der Waals surface area contributed by atoms with Crippen LogP contribution in [0.4, 0.5) is 17.1 Å². The van der Waals surface area contributed by atoms with Crippen molar-refractivity contribution in [2.75, 3.05) is 4.90 Å². The van der Waals surface area contributed by atoms with Crippen LogP contribution in [0.15, 0.2) is 246 Å². The summed E-state index contributed by atoms with van der Waals surface area (Å²) in [5.41, 5.74) is 18.2. The van der Waals surface area contributed by atoms with Gasteiger partial charge in [-0.3, -0.25) is 0 Å². The van der Waals surface area contributed by atoms with Gasteiger partial charge in [-0.15, -0.1) is 0 Å². The molecule has 0 radical (unpaired) electrons. The van der Waals surface area contributed by atoms with Crippen LogP contribution in [0, 0.1) is 0 Å². The van der Waals surface area contributed by atoms with Crippen molar-refractivity contribution in [2.45, 2.75) is 15.2 Å². The number of hydrogen-bond donors (Lipinski definition) is 0. The van der Waals surface area contributed by atoms with Crippen LogP contribution in [-0.2, 0) is 5.41 Å². The molecule has 0 amide bonds. The van der Waals surface area contributed by atoms with Crippen molar-refractivity contribution in [1.29, 1.82) is 0 Å². The van der Waals surface area contributed by atoms with E-state index in [4.69, 9.17) is 0 Å². The summed E-state index contributed by atoms with van der Waals surface area (Å²) in [5.74, 6) is 0. The van der Waals surface area contributed by atoms with Gasteiger partial charge in [0.2, 0.25) is 0 Å². The monoisotopic (exact) mass is 793 g/mol. The molecule has 2 aliphatic rings. The number of nitrogens with zero attached hydrogens (tertiary/aromatic N) is 1. The lowest BCUT2D eigenvalue weighted by atomic mass is 9.66. The van der Waals surface area contributed by atoms with Crippen molar-refractivity contribution in [3.05, 3.63) is 259 Å². The maximum absolute atomic E-state index is 2.44. The molecule has 10 aromatic rings. The second kappa shape index (κ2) is 14.4. The zero-order valence-corrected chi connectivity index (χ0v) is 34.2. The molecule has 0 aromatic heterocycles. The molecule has 12 rings (SSSR count). The molecule has 1 aliphatic heterocycles. The highest BCUT2D eigenvalue weighted by atomic mass is 32.2. The summed E-state index contributed by atoms with van der Waals surface area (Å²) in [6.07, 6.45) is 0. The fourth-order valence-corrected chi connectivity index (χ4v) is 11.2. The number of rotatable bonds is 6. The summed E-state index contributed by atoms with van der Waals surface area (Å²) in [4.78, 5) is 5.01. The van der Waals surface area contributed by atoms with Crippen LogP contribution in [0.3, 0.4) is 0 Å². The molecule has 1 nitrogen and oxygen atoms in total. The van der Waals surface area contributed by atoms with Gasteiger partial charge in [0.25, 0.3) is 0 Å². The number of fused-ring (bicyclic) bond motifs is 11. The highest BCUT2D eigenvalue weighted by Gasteiger charge is 2.51. The third kappa shape index (κ3) is 5.71. The summed E-state index contributed by atoms with van der Waals surface area (Å²) < 4.78 is 0. The van der Waals surface area contributed by atoms with Crippen molar-refractivity contribution in [3.8, 4) is 44.5 Å². The standard InChI is InChI=1S/C59H39NS/c1-3-13-40(14-4-1)42-23-31-47(32-24-42)60(48-33-25-43(26-34-48)41-15-5-2-6-16-41)49-35-27-44(28-36-49)46-29-37-54-52(39-46)51-19-9-10-20-53(51)59(54)55-21-11-12-22-56(55)61-57-38-30-45-17-7-8-18-50(45)58(57)59/h1-39H. The zero-order valence-electron chi connectivity index (χ0n) is 33.4. The minimum Gasteiger partial charge on any atom is -0.311 e.